The summed E-state index contributed by atoms with van der Waals surface area (Å²) in [5.41, 5.74) is 0.127. The van der Waals surface area contributed by atoms with E-state index < -0.39 is 17.4 Å². The first kappa shape index (κ1) is 11.9. The monoisotopic (exact) mass is 297 g/mol. The number of nitrogens with zero attached hydrogens (tertiary/aromatic N) is 1. The first-order valence-corrected chi connectivity index (χ1v) is 5.48. The Hall–Kier alpha value is -1.62. The highest BCUT2D eigenvalue weighted by Gasteiger charge is 2.14. The van der Waals surface area contributed by atoms with Gasteiger partial charge in [0.1, 0.15) is 5.82 Å². The molecule has 0 N–H and O–H groups in total. The Morgan fingerprint density at radius 2 is 1.94 bits per heavy atom. The molecule has 1 heterocycles. The summed E-state index contributed by atoms with van der Waals surface area (Å²) in [6.07, 6.45) is 2.29. The molecule has 86 valence electrons. The van der Waals surface area contributed by atoms with Crippen molar-refractivity contribution in [3.63, 3.8) is 0 Å². The maximum Gasteiger partial charge on any atom is 0.196 e. The average Bonchev–Trinajstić information content (AvgIpc) is 2.32. The van der Waals surface area contributed by atoms with Crippen LogP contribution >= 0.6 is 15.9 Å². The van der Waals surface area contributed by atoms with E-state index in [1.54, 1.807) is 0 Å². The minimum atomic E-state index is -0.696. The highest BCUT2D eigenvalue weighted by Crippen LogP contribution is 2.19. The molecular formula is C12H6BrF2NO. The Bertz CT molecular complexity index is 586. The molecule has 0 spiro atoms. The van der Waals surface area contributed by atoms with Crippen molar-refractivity contribution in [3.8, 4) is 0 Å². The fourth-order valence-electron chi connectivity index (χ4n) is 1.35. The minimum Gasteiger partial charge on any atom is -0.288 e. The van der Waals surface area contributed by atoms with Gasteiger partial charge in [-0.05, 0) is 40.2 Å². The zero-order valence-electron chi connectivity index (χ0n) is 8.45. The van der Waals surface area contributed by atoms with Crippen LogP contribution in [-0.4, -0.2) is 10.8 Å². The zero-order valence-corrected chi connectivity index (χ0v) is 10.0. The van der Waals surface area contributed by atoms with Gasteiger partial charge in [-0.25, -0.2) is 8.78 Å². The lowest BCUT2D eigenvalue weighted by Gasteiger charge is -2.03. The molecule has 0 fully saturated rings. The van der Waals surface area contributed by atoms with E-state index in [9.17, 15) is 13.6 Å². The molecule has 0 aliphatic heterocycles. The lowest BCUT2D eigenvalue weighted by atomic mass is 10.0. The van der Waals surface area contributed by atoms with Crippen LogP contribution in [0, 0.1) is 11.6 Å². The number of rotatable bonds is 2. The van der Waals surface area contributed by atoms with Crippen LogP contribution < -0.4 is 0 Å². The number of carbonyl (C=O) groups is 1. The molecule has 0 saturated carbocycles. The molecule has 1 aromatic heterocycles. The molecule has 0 aliphatic carbocycles. The van der Waals surface area contributed by atoms with Crippen LogP contribution in [0.1, 0.15) is 15.9 Å². The van der Waals surface area contributed by atoms with Crippen molar-refractivity contribution >= 4 is 21.7 Å². The number of benzene rings is 1. The number of aromatic nitrogens is 1. The number of ketones is 1. The third-order valence-corrected chi connectivity index (χ3v) is 2.81. The van der Waals surface area contributed by atoms with Crippen molar-refractivity contribution in [1.29, 1.82) is 0 Å². The van der Waals surface area contributed by atoms with Crippen molar-refractivity contribution in [2.24, 2.45) is 0 Å². The number of hydrogen-bond donors (Lipinski definition) is 0. The normalized spacial score (nSPS) is 10.3. The predicted octanol–water partition coefficient (Wildman–Crippen LogP) is 3.35. The van der Waals surface area contributed by atoms with E-state index in [4.69, 9.17) is 0 Å². The van der Waals surface area contributed by atoms with Crippen molar-refractivity contribution in [1.82, 2.24) is 4.98 Å². The predicted molar refractivity (Wildman–Crippen MR) is 61.7 cm³/mol. The van der Waals surface area contributed by atoms with Gasteiger partial charge in [-0.3, -0.25) is 9.78 Å². The molecule has 0 radical (unpaired) electrons. The highest BCUT2D eigenvalue weighted by molar-refractivity contribution is 9.10. The van der Waals surface area contributed by atoms with E-state index in [1.807, 2.05) is 0 Å². The standard InChI is InChI=1S/C12H6BrF2NO/c13-9-5-7(1-2-10(9)14)12(17)8-3-4-16-6-11(8)15/h1-6H. The van der Waals surface area contributed by atoms with Gasteiger partial charge in [-0.1, -0.05) is 0 Å². The van der Waals surface area contributed by atoms with Gasteiger partial charge in [0, 0.05) is 11.8 Å². The molecular weight excluding hydrogens is 292 g/mol. The largest absolute Gasteiger partial charge is 0.288 e. The van der Waals surface area contributed by atoms with Crippen molar-refractivity contribution in [2.45, 2.75) is 0 Å². The van der Waals surface area contributed by atoms with Crippen LogP contribution in [0.4, 0.5) is 8.78 Å². The van der Waals surface area contributed by atoms with Gasteiger partial charge in [0.25, 0.3) is 0 Å². The first-order valence-electron chi connectivity index (χ1n) is 4.69. The summed E-state index contributed by atoms with van der Waals surface area (Å²) in [6, 6.07) is 5.06. The van der Waals surface area contributed by atoms with Gasteiger partial charge in [0.2, 0.25) is 0 Å². The topological polar surface area (TPSA) is 30.0 Å². The average molecular weight is 298 g/mol. The lowest BCUT2D eigenvalue weighted by Crippen LogP contribution is -2.04. The molecule has 0 bridgehead atoms. The molecule has 17 heavy (non-hydrogen) atoms. The van der Waals surface area contributed by atoms with Crippen LogP contribution in [0.15, 0.2) is 41.1 Å². The van der Waals surface area contributed by atoms with E-state index in [0.717, 1.165) is 12.3 Å². The molecule has 0 atom stereocenters. The number of carbonyl (C=O) groups excluding carboxylic acids is 1. The first-order chi connectivity index (χ1) is 8.09. The van der Waals surface area contributed by atoms with Crippen LogP contribution in [-0.2, 0) is 0 Å². The summed E-state index contributed by atoms with van der Waals surface area (Å²) in [7, 11) is 0. The minimum absolute atomic E-state index is 0.0847. The number of halogens is 3. The zero-order chi connectivity index (χ0) is 12.4. The van der Waals surface area contributed by atoms with Crippen LogP contribution in [0.25, 0.3) is 0 Å². The van der Waals surface area contributed by atoms with Gasteiger partial charge in [0.05, 0.1) is 16.2 Å². The van der Waals surface area contributed by atoms with E-state index >= 15 is 0 Å². The van der Waals surface area contributed by atoms with E-state index in [-0.39, 0.29) is 15.6 Å². The Morgan fingerprint density at radius 3 is 2.59 bits per heavy atom. The second-order valence-electron chi connectivity index (χ2n) is 3.31. The number of hydrogen-bond acceptors (Lipinski definition) is 2. The molecule has 2 rings (SSSR count). The fourth-order valence-corrected chi connectivity index (χ4v) is 1.73. The van der Waals surface area contributed by atoms with E-state index in [1.165, 1.54) is 24.4 Å². The lowest BCUT2D eigenvalue weighted by molar-refractivity contribution is 0.103. The smallest absolute Gasteiger partial charge is 0.196 e. The fraction of sp³-hybridized carbons (Fsp3) is 0. The van der Waals surface area contributed by atoms with Gasteiger partial charge < -0.3 is 0 Å². The Kier molecular flexibility index (Phi) is 3.28. The van der Waals surface area contributed by atoms with Crippen LogP contribution in [0.3, 0.4) is 0 Å². The summed E-state index contributed by atoms with van der Waals surface area (Å²) < 4.78 is 26.5. The second kappa shape index (κ2) is 4.71. The number of pyridine rings is 1. The van der Waals surface area contributed by atoms with Crippen LogP contribution in [0.5, 0.6) is 0 Å². The van der Waals surface area contributed by atoms with E-state index in [0.29, 0.717) is 0 Å². The summed E-state index contributed by atoms with van der Waals surface area (Å²) in [5.74, 6) is -1.68. The van der Waals surface area contributed by atoms with Crippen molar-refractivity contribution in [2.75, 3.05) is 0 Å². The molecule has 1 aromatic carbocycles. The van der Waals surface area contributed by atoms with Gasteiger partial charge in [-0.2, -0.15) is 0 Å². The molecule has 0 amide bonds. The summed E-state index contributed by atoms with van der Waals surface area (Å²) in [6.45, 7) is 0. The summed E-state index contributed by atoms with van der Waals surface area (Å²) in [5, 5.41) is 0. The summed E-state index contributed by atoms with van der Waals surface area (Å²) in [4.78, 5) is 15.5. The highest BCUT2D eigenvalue weighted by atomic mass is 79.9. The quantitative estimate of drug-likeness (QED) is 0.796. The molecule has 2 nitrogen and oxygen atoms in total. The molecule has 0 aliphatic rings. The molecule has 2 aromatic rings. The molecule has 0 unspecified atom stereocenters. The van der Waals surface area contributed by atoms with Crippen molar-refractivity contribution < 1.29 is 13.6 Å². The third-order valence-electron chi connectivity index (χ3n) is 2.20. The Balaban J connectivity index is 2.44. The maximum absolute atomic E-state index is 13.3. The van der Waals surface area contributed by atoms with Crippen LogP contribution in [0.2, 0.25) is 0 Å². The van der Waals surface area contributed by atoms with Gasteiger partial charge >= 0.3 is 0 Å². The van der Waals surface area contributed by atoms with Crippen molar-refractivity contribution in [3.05, 3.63) is 63.9 Å². The SMILES string of the molecule is O=C(c1ccc(F)c(Br)c1)c1ccncc1F. The van der Waals surface area contributed by atoms with Gasteiger partial charge in [0.15, 0.2) is 11.6 Å². The van der Waals surface area contributed by atoms with Gasteiger partial charge in [-0.15, -0.1) is 0 Å². The van der Waals surface area contributed by atoms with E-state index in [2.05, 4.69) is 20.9 Å². The third kappa shape index (κ3) is 2.39. The Morgan fingerprint density at radius 1 is 1.18 bits per heavy atom. The maximum atomic E-state index is 13.3. The molecule has 0 saturated heterocycles. The Labute approximate surface area is 104 Å². The molecule has 5 heteroatoms. The summed E-state index contributed by atoms with van der Waals surface area (Å²) >= 11 is 2.97. The second-order valence-corrected chi connectivity index (χ2v) is 4.17.